The van der Waals surface area contributed by atoms with Crippen LogP contribution in [-0.4, -0.2) is 37.2 Å². The maximum Gasteiger partial charge on any atom is 0.306 e. The Kier molecular flexibility index (Phi) is 49.8. The van der Waals surface area contributed by atoms with Gasteiger partial charge in [-0.25, -0.2) is 0 Å². The van der Waals surface area contributed by atoms with Gasteiger partial charge in [-0.05, 0) is 57.8 Å². The maximum absolute atomic E-state index is 12.8. The van der Waals surface area contributed by atoms with Gasteiger partial charge >= 0.3 is 17.9 Å². The average Bonchev–Trinajstić information content (AvgIpc) is 3.28. The third-order valence-corrected chi connectivity index (χ3v) is 11.8. The fourth-order valence-electron chi connectivity index (χ4n) is 7.73. The van der Waals surface area contributed by atoms with E-state index in [1.807, 2.05) is 0 Å². The minimum atomic E-state index is -0.790. The molecule has 0 aliphatic carbocycles. The highest BCUT2D eigenvalue weighted by Crippen LogP contribution is 2.16. The molecule has 0 rings (SSSR count). The van der Waals surface area contributed by atoms with Gasteiger partial charge in [-0.2, -0.15) is 0 Å². The zero-order valence-electron chi connectivity index (χ0n) is 41.8. The summed E-state index contributed by atoms with van der Waals surface area (Å²) in [4.78, 5) is 38.0. The number of rotatable bonds is 49. The third kappa shape index (κ3) is 50.2. The molecule has 0 spiro atoms. The van der Waals surface area contributed by atoms with Crippen LogP contribution in [0.2, 0.25) is 0 Å². The van der Waals surface area contributed by atoms with Crippen molar-refractivity contribution in [1.82, 2.24) is 0 Å². The SMILES string of the molecule is CCCCC/C=C\C/C=C\C/C=C\C/C=C\CCCC(=O)OCC(COC(=O)CCCCCCCCCCCCC)OC(=O)CCCCCCCCCCCCCCCCCCC. The molecule has 0 heterocycles. The summed E-state index contributed by atoms with van der Waals surface area (Å²) in [6.07, 6.45) is 62.4. The first-order valence-electron chi connectivity index (χ1n) is 27.1. The van der Waals surface area contributed by atoms with Crippen molar-refractivity contribution in [3.63, 3.8) is 0 Å². The molecule has 1 unspecified atom stereocenters. The molecule has 0 aromatic heterocycles. The van der Waals surface area contributed by atoms with Crippen molar-refractivity contribution in [2.45, 2.75) is 284 Å². The molecule has 0 saturated heterocycles. The molecule has 6 heteroatoms. The molecule has 6 nitrogen and oxygen atoms in total. The lowest BCUT2D eigenvalue weighted by molar-refractivity contribution is -0.167. The van der Waals surface area contributed by atoms with Crippen LogP contribution in [-0.2, 0) is 28.6 Å². The van der Waals surface area contributed by atoms with E-state index in [4.69, 9.17) is 14.2 Å². The molecule has 0 bridgehead atoms. The van der Waals surface area contributed by atoms with Gasteiger partial charge in [0.05, 0.1) is 0 Å². The molecule has 0 aliphatic rings. The Morgan fingerprint density at radius 2 is 0.587 bits per heavy atom. The Hall–Kier alpha value is -2.63. The van der Waals surface area contributed by atoms with Gasteiger partial charge in [-0.15, -0.1) is 0 Å². The first-order chi connectivity index (χ1) is 31.0. The number of hydrogen-bond donors (Lipinski definition) is 0. The van der Waals surface area contributed by atoms with E-state index in [2.05, 4.69) is 69.4 Å². The molecule has 0 saturated carbocycles. The van der Waals surface area contributed by atoms with Crippen molar-refractivity contribution in [3.8, 4) is 0 Å². The number of carbonyl (C=O) groups excluding carboxylic acids is 3. The van der Waals surface area contributed by atoms with E-state index in [0.29, 0.717) is 19.3 Å². The number of ether oxygens (including phenoxy) is 3. The standard InChI is InChI=1S/C57H102O6/c1-4-7-10-13-16-19-22-24-26-28-30-32-35-38-41-44-47-50-56(59)62-53-54(52-61-55(58)49-46-43-40-37-34-21-18-15-12-9-6-3)63-57(60)51-48-45-42-39-36-33-31-29-27-25-23-20-17-14-11-8-5-2/h16,19,24,26,30,32,38,41,54H,4-15,17-18,20-23,25,27-29,31,33-37,39-40,42-53H2,1-3H3/b19-16-,26-24-,32-30-,41-38-. The molecule has 1 atom stereocenters. The third-order valence-electron chi connectivity index (χ3n) is 11.8. The van der Waals surface area contributed by atoms with Crippen LogP contribution in [0.25, 0.3) is 0 Å². The predicted octanol–water partition coefficient (Wildman–Crippen LogP) is 17.9. The molecule has 0 aromatic carbocycles. The Balaban J connectivity index is 4.40. The van der Waals surface area contributed by atoms with Crippen molar-refractivity contribution in [2.24, 2.45) is 0 Å². The van der Waals surface area contributed by atoms with Crippen LogP contribution in [0, 0.1) is 0 Å². The Labute approximate surface area is 390 Å². The van der Waals surface area contributed by atoms with Gasteiger partial charge in [0.15, 0.2) is 6.10 Å². The van der Waals surface area contributed by atoms with Gasteiger partial charge < -0.3 is 14.2 Å². The van der Waals surface area contributed by atoms with Gasteiger partial charge in [0.2, 0.25) is 0 Å². The summed E-state index contributed by atoms with van der Waals surface area (Å²) in [6.45, 7) is 6.58. The number of carbonyl (C=O) groups is 3. The van der Waals surface area contributed by atoms with Crippen molar-refractivity contribution in [2.75, 3.05) is 13.2 Å². The molecule has 0 aromatic rings. The first kappa shape index (κ1) is 60.4. The highest BCUT2D eigenvalue weighted by Gasteiger charge is 2.19. The second-order valence-corrected chi connectivity index (χ2v) is 18.2. The van der Waals surface area contributed by atoms with E-state index in [1.165, 1.54) is 167 Å². The Bertz CT molecular complexity index is 1110. The lowest BCUT2D eigenvalue weighted by Gasteiger charge is -2.18. The largest absolute Gasteiger partial charge is 0.462 e. The van der Waals surface area contributed by atoms with E-state index in [9.17, 15) is 14.4 Å². The number of hydrogen-bond acceptors (Lipinski definition) is 6. The lowest BCUT2D eigenvalue weighted by atomic mass is 10.0. The first-order valence-corrected chi connectivity index (χ1v) is 27.1. The fourth-order valence-corrected chi connectivity index (χ4v) is 7.73. The van der Waals surface area contributed by atoms with Crippen LogP contribution in [0.15, 0.2) is 48.6 Å². The van der Waals surface area contributed by atoms with E-state index in [1.54, 1.807) is 0 Å². The minimum absolute atomic E-state index is 0.0862. The van der Waals surface area contributed by atoms with Crippen LogP contribution in [0.4, 0.5) is 0 Å². The summed E-state index contributed by atoms with van der Waals surface area (Å²) in [7, 11) is 0. The predicted molar refractivity (Wildman–Crippen MR) is 270 cm³/mol. The van der Waals surface area contributed by atoms with Gasteiger partial charge in [-0.1, -0.05) is 249 Å². The molecule has 0 aliphatic heterocycles. The monoisotopic (exact) mass is 883 g/mol. The second-order valence-electron chi connectivity index (χ2n) is 18.2. The van der Waals surface area contributed by atoms with Crippen LogP contribution in [0.5, 0.6) is 0 Å². The van der Waals surface area contributed by atoms with Crippen molar-refractivity contribution < 1.29 is 28.6 Å². The van der Waals surface area contributed by atoms with E-state index < -0.39 is 6.10 Å². The molecular formula is C57H102O6. The Morgan fingerprint density at radius 1 is 0.317 bits per heavy atom. The fraction of sp³-hybridized carbons (Fsp3) is 0.807. The minimum Gasteiger partial charge on any atom is -0.462 e. The van der Waals surface area contributed by atoms with E-state index >= 15 is 0 Å². The number of esters is 3. The zero-order chi connectivity index (χ0) is 45.8. The molecular weight excluding hydrogens is 781 g/mol. The summed E-state index contributed by atoms with van der Waals surface area (Å²) < 4.78 is 16.8. The summed E-state index contributed by atoms with van der Waals surface area (Å²) >= 11 is 0. The maximum atomic E-state index is 12.8. The van der Waals surface area contributed by atoms with Gasteiger partial charge in [0.1, 0.15) is 13.2 Å². The van der Waals surface area contributed by atoms with Crippen LogP contribution >= 0.6 is 0 Å². The van der Waals surface area contributed by atoms with E-state index in [0.717, 1.165) is 64.2 Å². The molecule has 366 valence electrons. The normalized spacial score (nSPS) is 12.4. The topological polar surface area (TPSA) is 78.9 Å². The highest BCUT2D eigenvalue weighted by atomic mass is 16.6. The van der Waals surface area contributed by atoms with Crippen LogP contribution < -0.4 is 0 Å². The number of allylic oxidation sites excluding steroid dienone is 8. The summed E-state index contributed by atoms with van der Waals surface area (Å²) in [5.41, 5.74) is 0. The molecule has 0 radical (unpaired) electrons. The van der Waals surface area contributed by atoms with E-state index in [-0.39, 0.29) is 37.5 Å². The smallest absolute Gasteiger partial charge is 0.306 e. The van der Waals surface area contributed by atoms with Crippen molar-refractivity contribution >= 4 is 17.9 Å². The summed E-state index contributed by atoms with van der Waals surface area (Å²) in [5, 5.41) is 0. The van der Waals surface area contributed by atoms with Crippen LogP contribution in [0.3, 0.4) is 0 Å². The summed E-state index contributed by atoms with van der Waals surface area (Å²) in [6, 6.07) is 0. The lowest BCUT2D eigenvalue weighted by Crippen LogP contribution is -2.30. The molecule has 0 N–H and O–H groups in total. The number of unbranched alkanes of at least 4 members (excludes halogenated alkanes) is 30. The van der Waals surface area contributed by atoms with Crippen molar-refractivity contribution in [3.05, 3.63) is 48.6 Å². The quantitative estimate of drug-likeness (QED) is 0.0262. The molecule has 0 fully saturated rings. The Morgan fingerprint density at radius 3 is 0.952 bits per heavy atom. The molecule has 63 heavy (non-hydrogen) atoms. The van der Waals surface area contributed by atoms with Crippen molar-refractivity contribution in [1.29, 1.82) is 0 Å². The van der Waals surface area contributed by atoms with Gasteiger partial charge in [0.25, 0.3) is 0 Å². The second kappa shape index (κ2) is 52.0. The van der Waals surface area contributed by atoms with Crippen LogP contribution in [0.1, 0.15) is 278 Å². The van der Waals surface area contributed by atoms with Gasteiger partial charge in [-0.3, -0.25) is 14.4 Å². The average molecular weight is 883 g/mol. The summed E-state index contributed by atoms with van der Waals surface area (Å²) in [5.74, 6) is -0.933. The molecule has 0 amide bonds. The van der Waals surface area contributed by atoms with Gasteiger partial charge in [0, 0.05) is 19.3 Å². The zero-order valence-corrected chi connectivity index (χ0v) is 41.8. The highest BCUT2D eigenvalue weighted by molar-refractivity contribution is 5.71.